The van der Waals surface area contributed by atoms with Crippen LogP contribution in [0.2, 0.25) is 90.7 Å². The first-order chi connectivity index (χ1) is 8.50. The molecule has 0 aliphatic rings. The zero-order valence-electron chi connectivity index (χ0n) is 17.1. The number of hydrogen-bond acceptors (Lipinski definition) is 0. The van der Waals surface area contributed by atoms with E-state index in [0.717, 1.165) is 0 Å². The molecular weight excluding hydrogens is 500 g/mol. The van der Waals surface area contributed by atoms with Crippen LogP contribution in [0.5, 0.6) is 0 Å². The van der Waals surface area contributed by atoms with E-state index < -0.39 is 24.2 Å². The molecule has 0 unspecified atom stereocenters. The van der Waals surface area contributed by atoms with E-state index in [1.807, 2.05) is 0 Å². The van der Waals surface area contributed by atoms with Crippen molar-refractivity contribution in [1.82, 2.24) is 0 Å². The van der Waals surface area contributed by atoms with Crippen LogP contribution < -0.4 is 0 Å². The Morgan fingerprint density at radius 1 is 0.714 bits per heavy atom. The summed E-state index contributed by atoms with van der Waals surface area (Å²) < 4.78 is 0. The van der Waals surface area contributed by atoms with Gasteiger partial charge in [0.1, 0.15) is 0 Å². The molecule has 0 rings (SSSR count). The Hall–Kier alpha value is 1.30. The third-order valence-corrected chi connectivity index (χ3v) is 7.46. The van der Waals surface area contributed by atoms with Crippen molar-refractivity contribution >= 4 is 33.0 Å². The van der Waals surface area contributed by atoms with Gasteiger partial charge in [-0.15, -0.1) is 12.3 Å². The molecule has 0 heterocycles. The van der Waals surface area contributed by atoms with E-state index in [9.17, 15) is 0 Å². The van der Waals surface area contributed by atoms with Crippen LogP contribution in [-0.4, -0.2) is 33.0 Å². The van der Waals surface area contributed by atoms with Crippen molar-refractivity contribution < 1.29 is 21.1 Å². The van der Waals surface area contributed by atoms with Crippen molar-refractivity contribution in [3.8, 4) is 0 Å². The van der Waals surface area contributed by atoms with E-state index in [2.05, 4.69) is 90.8 Å². The standard InChI is InChI=1S/C8H22Si2.C5H12Si.C3H10Si.Pt/c1-9(2,3)7-8-10(4,5)6;1-5-6(2,3)4;1-4(2)3;/h7-8H2,1-6H3;5H,1H2,2-4H3;4H,1-3H3;. The first-order valence-electron chi connectivity index (χ1n) is 8.14. The first kappa shape index (κ1) is 30.2. The minimum atomic E-state index is -0.867. The monoisotopic (exact) mass is 543 g/mol. The van der Waals surface area contributed by atoms with Gasteiger partial charge in [0.15, 0.2) is 0 Å². The fourth-order valence-electron chi connectivity index (χ4n) is 0.750. The molecule has 0 saturated carbocycles. The van der Waals surface area contributed by atoms with Gasteiger partial charge < -0.3 is 0 Å². The summed E-state index contributed by atoms with van der Waals surface area (Å²) in [7, 11) is -2.47. The molecule has 5 heteroatoms. The van der Waals surface area contributed by atoms with Gasteiger partial charge in [0, 0.05) is 46.0 Å². The summed E-state index contributed by atoms with van der Waals surface area (Å²) in [6.07, 6.45) is 0. The van der Waals surface area contributed by atoms with Crippen molar-refractivity contribution in [3.63, 3.8) is 0 Å². The molecule has 0 nitrogen and oxygen atoms in total. The average Bonchev–Trinajstić information content (AvgIpc) is 2.12. The van der Waals surface area contributed by atoms with E-state index >= 15 is 0 Å². The number of rotatable bonds is 4. The molecule has 0 spiro atoms. The molecule has 0 saturated heterocycles. The van der Waals surface area contributed by atoms with E-state index in [0.29, 0.717) is 0 Å². The molecule has 0 aliphatic heterocycles. The third-order valence-electron chi connectivity index (χ3n) is 2.24. The van der Waals surface area contributed by atoms with Crippen molar-refractivity contribution in [2.45, 2.75) is 90.7 Å². The first-order valence-corrected chi connectivity index (χ1v) is 22.6. The summed E-state index contributed by atoms with van der Waals surface area (Å²) in [6.45, 7) is 32.2. The van der Waals surface area contributed by atoms with Crippen molar-refractivity contribution in [2.24, 2.45) is 0 Å². The van der Waals surface area contributed by atoms with Crippen molar-refractivity contribution in [1.29, 1.82) is 0 Å². The second-order valence-corrected chi connectivity index (χ2v) is 29.8. The van der Waals surface area contributed by atoms with E-state index in [1.54, 1.807) is 0 Å². The maximum Gasteiger partial charge on any atom is 0.0679 e. The zero-order valence-corrected chi connectivity index (χ0v) is 23.5. The Labute approximate surface area is 156 Å². The van der Waals surface area contributed by atoms with Gasteiger partial charge in [0.05, 0.1) is 8.07 Å². The molecule has 0 fully saturated rings. The summed E-state index contributed by atoms with van der Waals surface area (Å²) >= 11 is 0. The van der Waals surface area contributed by atoms with E-state index in [4.69, 9.17) is 0 Å². The van der Waals surface area contributed by atoms with Crippen LogP contribution >= 0.6 is 0 Å². The Bertz CT molecular complexity index is 215. The van der Waals surface area contributed by atoms with Crippen LogP contribution in [0.4, 0.5) is 0 Å². The van der Waals surface area contributed by atoms with Gasteiger partial charge in [-0.1, -0.05) is 90.7 Å². The summed E-state index contributed by atoms with van der Waals surface area (Å²) in [4.78, 5) is 0. The molecular formula is C16H44PtSi4. The van der Waals surface area contributed by atoms with Gasteiger partial charge in [0.2, 0.25) is 0 Å². The van der Waals surface area contributed by atoms with Gasteiger partial charge in [-0.3, -0.25) is 0 Å². The van der Waals surface area contributed by atoms with Crippen molar-refractivity contribution in [2.75, 3.05) is 0 Å². The fourth-order valence-corrected chi connectivity index (χ4v) is 6.75. The summed E-state index contributed by atoms with van der Waals surface area (Å²) in [6, 6.07) is 3.06. The van der Waals surface area contributed by atoms with Crippen LogP contribution in [0, 0.1) is 0 Å². The zero-order chi connectivity index (χ0) is 17.2. The molecule has 0 radical (unpaired) electrons. The Morgan fingerprint density at radius 3 is 0.905 bits per heavy atom. The summed E-state index contributed by atoms with van der Waals surface area (Å²) in [5, 5.41) is 0. The van der Waals surface area contributed by atoms with Crippen LogP contribution in [0.25, 0.3) is 0 Å². The molecule has 0 aromatic rings. The van der Waals surface area contributed by atoms with Crippen LogP contribution in [0.15, 0.2) is 12.3 Å². The molecule has 0 atom stereocenters. The largest absolute Gasteiger partial charge is 0.107 e. The van der Waals surface area contributed by atoms with Crippen LogP contribution in [-0.2, 0) is 21.1 Å². The fraction of sp³-hybridized carbons (Fsp3) is 0.875. The molecule has 134 valence electrons. The number of hydrogen-bond donors (Lipinski definition) is 0. The normalized spacial score (nSPS) is 11.5. The van der Waals surface area contributed by atoms with Gasteiger partial charge in [-0.05, 0) is 0 Å². The predicted octanol–water partition coefficient (Wildman–Crippen LogP) is 6.81. The minimum Gasteiger partial charge on any atom is -0.107 e. The molecule has 0 aromatic carbocycles. The topological polar surface area (TPSA) is 0 Å². The summed E-state index contributed by atoms with van der Waals surface area (Å²) in [5.74, 6) is 0. The molecule has 0 bridgehead atoms. The second-order valence-electron chi connectivity index (χ2n) is 9.92. The quantitative estimate of drug-likeness (QED) is 0.342. The third kappa shape index (κ3) is 62.1. The Balaban J connectivity index is -0.000000113. The second kappa shape index (κ2) is 13.7. The maximum absolute atomic E-state index is 3.69. The van der Waals surface area contributed by atoms with Gasteiger partial charge >= 0.3 is 0 Å². The molecule has 0 aliphatic carbocycles. The van der Waals surface area contributed by atoms with E-state index in [-0.39, 0.29) is 29.9 Å². The Morgan fingerprint density at radius 2 is 0.857 bits per heavy atom. The van der Waals surface area contributed by atoms with Gasteiger partial charge in [-0.25, -0.2) is 0 Å². The van der Waals surface area contributed by atoms with Crippen molar-refractivity contribution in [3.05, 3.63) is 12.3 Å². The maximum atomic E-state index is 3.69. The average molecular weight is 544 g/mol. The van der Waals surface area contributed by atoms with Gasteiger partial charge in [-0.2, -0.15) is 0 Å². The smallest absolute Gasteiger partial charge is 0.0679 e. The molecule has 0 aromatic heterocycles. The van der Waals surface area contributed by atoms with Crippen LogP contribution in [0.1, 0.15) is 0 Å². The van der Waals surface area contributed by atoms with Gasteiger partial charge in [0.25, 0.3) is 0 Å². The van der Waals surface area contributed by atoms with E-state index in [1.165, 1.54) is 12.1 Å². The Kier molecular flexibility index (Phi) is 19.7. The minimum absolute atomic E-state index is 0. The molecule has 21 heavy (non-hydrogen) atoms. The summed E-state index contributed by atoms with van der Waals surface area (Å²) in [5.41, 5.74) is 2.08. The molecule has 0 N–H and O–H groups in total. The predicted molar refractivity (Wildman–Crippen MR) is 115 cm³/mol. The SMILES string of the molecule is C=C[Si](C)(C)C.C[SiH](C)C.C[Si](C)(C)CC[Si](C)(C)C.[Pt]. The molecule has 0 amide bonds. The van der Waals surface area contributed by atoms with Crippen LogP contribution in [0.3, 0.4) is 0 Å².